The molecule has 0 spiro atoms. The molecule has 1 aromatic carbocycles. The first-order chi connectivity index (χ1) is 12.3. The van der Waals surface area contributed by atoms with E-state index in [2.05, 4.69) is 25.9 Å². The van der Waals surface area contributed by atoms with E-state index in [1.165, 1.54) is 6.92 Å². The lowest BCUT2D eigenvalue weighted by atomic mass is 10.2. The number of nitrogens with zero attached hydrogens (tertiary/aromatic N) is 2. The molecule has 0 bridgehead atoms. The number of nitrogens with one attached hydrogen (secondary N) is 3. The predicted octanol–water partition coefficient (Wildman–Crippen LogP) is 2.09. The Labute approximate surface area is 152 Å². The van der Waals surface area contributed by atoms with Crippen molar-refractivity contribution in [3.63, 3.8) is 0 Å². The molecule has 2 heterocycles. The SMILES string of the molecule is CC(=O)Nc1cccc(Nc2nc(C)cc(NC3CCS(=O)(=O)C3)n2)c1. The number of sulfone groups is 1. The molecule has 1 unspecified atom stereocenters. The number of rotatable bonds is 5. The first-order valence-electron chi connectivity index (χ1n) is 8.26. The monoisotopic (exact) mass is 375 g/mol. The van der Waals surface area contributed by atoms with Crippen molar-refractivity contribution in [2.45, 2.75) is 26.3 Å². The van der Waals surface area contributed by atoms with Crippen LogP contribution in [-0.2, 0) is 14.6 Å². The zero-order valence-corrected chi connectivity index (χ0v) is 15.4. The van der Waals surface area contributed by atoms with E-state index in [1.807, 2.05) is 19.1 Å². The van der Waals surface area contributed by atoms with Gasteiger partial charge in [0.2, 0.25) is 11.9 Å². The highest BCUT2D eigenvalue weighted by atomic mass is 32.2. The van der Waals surface area contributed by atoms with Crippen molar-refractivity contribution in [2.24, 2.45) is 0 Å². The summed E-state index contributed by atoms with van der Waals surface area (Å²) >= 11 is 0. The van der Waals surface area contributed by atoms with Crippen LogP contribution in [0.3, 0.4) is 0 Å². The fraction of sp³-hybridized carbons (Fsp3) is 0.353. The Kier molecular flexibility index (Phi) is 5.08. The molecule has 1 amide bonds. The summed E-state index contributed by atoms with van der Waals surface area (Å²) in [5.41, 5.74) is 2.16. The van der Waals surface area contributed by atoms with E-state index in [0.29, 0.717) is 23.9 Å². The van der Waals surface area contributed by atoms with Crippen LogP contribution in [0.25, 0.3) is 0 Å². The van der Waals surface area contributed by atoms with Gasteiger partial charge in [0.25, 0.3) is 0 Å². The minimum Gasteiger partial charge on any atom is -0.366 e. The number of hydrogen-bond acceptors (Lipinski definition) is 7. The molecular formula is C17H21N5O3S. The largest absolute Gasteiger partial charge is 0.366 e. The van der Waals surface area contributed by atoms with Crippen LogP contribution in [0.2, 0.25) is 0 Å². The van der Waals surface area contributed by atoms with Crippen LogP contribution in [0, 0.1) is 6.92 Å². The Balaban J connectivity index is 1.74. The first kappa shape index (κ1) is 18.1. The fourth-order valence-electron chi connectivity index (χ4n) is 2.82. The third kappa shape index (κ3) is 4.92. The maximum Gasteiger partial charge on any atom is 0.229 e. The molecule has 1 aliphatic rings. The van der Waals surface area contributed by atoms with Gasteiger partial charge in [-0.25, -0.2) is 13.4 Å². The van der Waals surface area contributed by atoms with Crippen LogP contribution < -0.4 is 16.0 Å². The summed E-state index contributed by atoms with van der Waals surface area (Å²) in [7, 11) is -2.96. The van der Waals surface area contributed by atoms with Crippen LogP contribution in [0.5, 0.6) is 0 Å². The molecule has 3 rings (SSSR count). The zero-order valence-electron chi connectivity index (χ0n) is 14.6. The maximum absolute atomic E-state index is 11.6. The van der Waals surface area contributed by atoms with Gasteiger partial charge in [0.05, 0.1) is 11.5 Å². The van der Waals surface area contributed by atoms with Gasteiger partial charge < -0.3 is 16.0 Å². The number of aromatic nitrogens is 2. The number of amides is 1. The normalized spacial score (nSPS) is 18.3. The molecule has 0 radical (unpaired) electrons. The van der Waals surface area contributed by atoms with Crippen LogP contribution >= 0.6 is 0 Å². The third-order valence-electron chi connectivity index (χ3n) is 3.88. The Hall–Kier alpha value is -2.68. The summed E-state index contributed by atoms with van der Waals surface area (Å²) in [5, 5.41) is 9.00. The molecule has 26 heavy (non-hydrogen) atoms. The maximum atomic E-state index is 11.6. The second kappa shape index (κ2) is 7.28. The van der Waals surface area contributed by atoms with E-state index in [-0.39, 0.29) is 23.5 Å². The number of aryl methyl sites for hydroxylation is 1. The fourth-order valence-corrected chi connectivity index (χ4v) is 4.50. The summed E-state index contributed by atoms with van der Waals surface area (Å²) < 4.78 is 23.2. The van der Waals surface area contributed by atoms with Crippen LogP contribution in [0.1, 0.15) is 19.0 Å². The van der Waals surface area contributed by atoms with Gasteiger partial charge in [-0.2, -0.15) is 4.98 Å². The van der Waals surface area contributed by atoms with Crippen molar-refractivity contribution in [3.8, 4) is 0 Å². The summed E-state index contributed by atoms with van der Waals surface area (Å²) in [6.45, 7) is 3.29. The van der Waals surface area contributed by atoms with Gasteiger partial charge in [-0.1, -0.05) is 6.07 Å². The van der Waals surface area contributed by atoms with Gasteiger partial charge in [0, 0.05) is 36.1 Å². The van der Waals surface area contributed by atoms with Gasteiger partial charge in [-0.05, 0) is 31.5 Å². The molecule has 1 aliphatic heterocycles. The molecule has 1 saturated heterocycles. The summed E-state index contributed by atoms with van der Waals surface area (Å²) in [5.74, 6) is 1.16. The van der Waals surface area contributed by atoms with Crippen LogP contribution in [0.4, 0.5) is 23.1 Å². The Morgan fingerprint density at radius 3 is 2.65 bits per heavy atom. The molecule has 3 N–H and O–H groups in total. The van der Waals surface area contributed by atoms with Gasteiger partial charge >= 0.3 is 0 Å². The molecule has 1 aromatic heterocycles. The Morgan fingerprint density at radius 2 is 1.96 bits per heavy atom. The second-order valence-corrected chi connectivity index (χ2v) is 8.58. The Morgan fingerprint density at radius 1 is 1.19 bits per heavy atom. The predicted molar refractivity (Wildman–Crippen MR) is 101 cm³/mol. The van der Waals surface area contributed by atoms with E-state index in [1.54, 1.807) is 18.2 Å². The lowest BCUT2D eigenvalue weighted by molar-refractivity contribution is -0.114. The topological polar surface area (TPSA) is 113 Å². The molecule has 2 aromatic rings. The van der Waals surface area contributed by atoms with E-state index in [4.69, 9.17) is 0 Å². The van der Waals surface area contributed by atoms with E-state index in [9.17, 15) is 13.2 Å². The zero-order chi connectivity index (χ0) is 18.7. The van der Waals surface area contributed by atoms with Gasteiger partial charge in [-0.15, -0.1) is 0 Å². The quantitative estimate of drug-likeness (QED) is 0.733. The van der Waals surface area contributed by atoms with Crippen molar-refractivity contribution in [1.29, 1.82) is 0 Å². The molecule has 1 fully saturated rings. The van der Waals surface area contributed by atoms with Gasteiger partial charge in [-0.3, -0.25) is 4.79 Å². The van der Waals surface area contributed by atoms with E-state index < -0.39 is 9.84 Å². The average Bonchev–Trinajstić information content (AvgIpc) is 2.85. The number of anilines is 4. The third-order valence-corrected chi connectivity index (χ3v) is 5.65. The smallest absolute Gasteiger partial charge is 0.229 e. The van der Waals surface area contributed by atoms with Crippen molar-refractivity contribution < 1.29 is 13.2 Å². The molecule has 0 aliphatic carbocycles. The minimum atomic E-state index is -2.96. The number of hydrogen-bond donors (Lipinski definition) is 3. The second-order valence-electron chi connectivity index (χ2n) is 6.35. The van der Waals surface area contributed by atoms with Crippen molar-refractivity contribution in [1.82, 2.24) is 9.97 Å². The lowest BCUT2D eigenvalue weighted by Crippen LogP contribution is -2.21. The molecular weight excluding hydrogens is 354 g/mol. The minimum absolute atomic E-state index is 0.123. The summed E-state index contributed by atoms with van der Waals surface area (Å²) in [6.07, 6.45) is 0.576. The highest BCUT2D eigenvalue weighted by molar-refractivity contribution is 7.91. The highest BCUT2D eigenvalue weighted by Crippen LogP contribution is 2.21. The highest BCUT2D eigenvalue weighted by Gasteiger charge is 2.28. The Bertz CT molecular complexity index is 930. The van der Waals surface area contributed by atoms with Crippen molar-refractivity contribution in [3.05, 3.63) is 36.0 Å². The molecule has 0 saturated carbocycles. The summed E-state index contributed by atoms with van der Waals surface area (Å²) in [4.78, 5) is 19.9. The molecule has 1 atom stereocenters. The standard InChI is InChI=1S/C17H21N5O3S/c1-11-8-16(20-15-6-7-26(24,25)10-15)22-17(18-11)21-14-5-3-4-13(9-14)19-12(2)23/h3-5,8-9,15H,6-7,10H2,1-2H3,(H,19,23)(H2,18,20,21,22). The molecule has 138 valence electrons. The van der Waals surface area contributed by atoms with Gasteiger partial charge in [0.15, 0.2) is 9.84 Å². The van der Waals surface area contributed by atoms with Crippen LogP contribution in [-0.4, -0.2) is 41.8 Å². The van der Waals surface area contributed by atoms with E-state index >= 15 is 0 Å². The average molecular weight is 375 g/mol. The van der Waals surface area contributed by atoms with E-state index in [0.717, 1.165) is 11.4 Å². The van der Waals surface area contributed by atoms with Gasteiger partial charge in [0.1, 0.15) is 5.82 Å². The number of carbonyl (C=O) groups excluding carboxylic acids is 1. The number of carbonyl (C=O) groups is 1. The molecule has 8 nitrogen and oxygen atoms in total. The number of benzene rings is 1. The molecule has 9 heteroatoms. The van der Waals surface area contributed by atoms with Crippen molar-refractivity contribution >= 4 is 38.9 Å². The summed E-state index contributed by atoms with van der Waals surface area (Å²) in [6, 6.07) is 8.87. The first-order valence-corrected chi connectivity index (χ1v) is 10.1. The van der Waals surface area contributed by atoms with Crippen LogP contribution in [0.15, 0.2) is 30.3 Å². The lowest BCUT2D eigenvalue weighted by Gasteiger charge is -2.14. The van der Waals surface area contributed by atoms with Crippen molar-refractivity contribution in [2.75, 3.05) is 27.5 Å².